The second-order valence-electron chi connectivity index (χ2n) is 7.46. The average molecular weight is 428 g/mol. The molecule has 7 heteroatoms. The molecule has 0 aromatic heterocycles. The normalized spacial score (nSPS) is 13.9. The molecule has 0 unspecified atom stereocenters. The van der Waals surface area contributed by atoms with Crippen molar-refractivity contribution in [1.29, 1.82) is 5.26 Å². The molecule has 0 radical (unpaired) electrons. The molecule has 1 amide bonds. The van der Waals surface area contributed by atoms with Gasteiger partial charge in [0, 0.05) is 5.92 Å². The quantitative estimate of drug-likeness (QED) is 0.552. The summed E-state index contributed by atoms with van der Waals surface area (Å²) in [5, 5.41) is 31.1. The molecule has 0 heterocycles. The van der Waals surface area contributed by atoms with Gasteiger partial charge in [-0.2, -0.15) is 5.26 Å². The van der Waals surface area contributed by atoms with Crippen LogP contribution in [-0.4, -0.2) is 34.9 Å². The number of aliphatic carboxylic acids is 1. The van der Waals surface area contributed by atoms with Gasteiger partial charge in [-0.05, 0) is 39.9 Å². The molecule has 0 spiro atoms. The number of hydrogen-bond acceptors (Lipinski definition) is 5. The minimum Gasteiger partial charge on any atom is -0.480 e. The standard InChI is InChI=1S/C25H20N2O5/c26-13-15-9-11-16(12-10-15)23(28)22(24(29)30)27-25(31)32-14-21-19-7-3-1-5-17(19)18-6-2-4-8-20(18)21/h1-12,21-23,28H,14H2,(H,27,31)(H,29,30)/t22-,23-/m0/s1. The van der Waals surface area contributed by atoms with Gasteiger partial charge in [0.05, 0.1) is 11.6 Å². The first kappa shape index (κ1) is 21.1. The smallest absolute Gasteiger partial charge is 0.407 e. The van der Waals surface area contributed by atoms with E-state index < -0.39 is 24.2 Å². The Morgan fingerprint density at radius 2 is 1.53 bits per heavy atom. The van der Waals surface area contributed by atoms with Crippen LogP contribution in [-0.2, 0) is 9.53 Å². The van der Waals surface area contributed by atoms with Crippen LogP contribution < -0.4 is 5.32 Å². The summed E-state index contributed by atoms with van der Waals surface area (Å²) in [4.78, 5) is 24.1. The van der Waals surface area contributed by atoms with Gasteiger partial charge in [0.2, 0.25) is 0 Å². The minimum atomic E-state index is -1.61. The van der Waals surface area contributed by atoms with Gasteiger partial charge in [-0.3, -0.25) is 0 Å². The van der Waals surface area contributed by atoms with Gasteiger partial charge in [0.1, 0.15) is 12.7 Å². The average Bonchev–Trinajstić information content (AvgIpc) is 3.14. The fourth-order valence-corrected chi connectivity index (χ4v) is 3.99. The molecule has 0 bridgehead atoms. The number of aliphatic hydroxyl groups is 1. The molecule has 7 nitrogen and oxygen atoms in total. The third kappa shape index (κ3) is 4.04. The Kier molecular flexibility index (Phi) is 5.88. The Hall–Kier alpha value is -4.15. The molecule has 0 aliphatic heterocycles. The summed E-state index contributed by atoms with van der Waals surface area (Å²) in [6.07, 6.45) is -2.45. The lowest BCUT2D eigenvalue weighted by atomic mass is 9.98. The predicted molar refractivity (Wildman–Crippen MR) is 116 cm³/mol. The van der Waals surface area contributed by atoms with E-state index in [0.717, 1.165) is 22.3 Å². The summed E-state index contributed by atoms with van der Waals surface area (Å²) >= 11 is 0. The van der Waals surface area contributed by atoms with E-state index in [1.54, 1.807) is 0 Å². The number of nitrogens with zero attached hydrogens (tertiary/aromatic N) is 1. The number of benzene rings is 3. The van der Waals surface area contributed by atoms with E-state index in [-0.39, 0.29) is 18.1 Å². The number of nitriles is 1. The highest BCUT2D eigenvalue weighted by atomic mass is 16.5. The molecule has 2 atom stereocenters. The zero-order valence-electron chi connectivity index (χ0n) is 16.9. The molecule has 160 valence electrons. The van der Waals surface area contributed by atoms with Gasteiger partial charge in [-0.1, -0.05) is 60.7 Å². The Bertz CT molecular complexity index is 1150. The van der Waals surface area contributed by atoms with E-state index in [2.05, 4.69) is 5.32 Å². The molecule has 0 saturated heterocycles. The highest BCUT2D eigenvalue weighted by molar-refractivity contribution is 5.81. The number of fused-ring (bicyclic) bond motifs is 3. The number of carbonyl (C=O) groups is 2. The number of ether oxygens (including phenoxy) is 1. The summed E-state index contributed by atoms with van der Waals surface area (Å²) in [5.74, 6) is -1.57. The van der Waals surface area contributed by atoms with Crippen molar-refractivity contribution in [2.24, 2.45) is 0 Å². The SMILES string of the molecule is N#Cc1ccc([C@H](O)[C@H](NC(=O)OCC2c3ccccc3-c3ccccc32)C(=O)O)cc1. The third-order valence-electron chi connectivity index (χ3n) is 5.58. The van der Waals surface area contributed by atoms with Crippen LogP contribution in [0.15, 0.2) is 72.8 Å². The Morgan fingerprint density at radius 1 is 0.969 bits per heavy atom. The van der Waals surface area contributed by atoms with Crippen LogP contribution in [0, 0.1) is 11.3 Å². The van der Waals surface area contributed by atoms with Crippen LogP contribution in [0.5, 0.6) is 0 Å². The zero-order valence-corrected chi connectivity index (χ0v) is 16.9. The highest BCUT2D eigenvalue weighted by Gasteiger charge is 2.32. The molecule has 32 heavy (non-hydrogen) atoms. The van der Waals surface area contributed by atoms with Gasteiger partial charge in [0.15, 0.2) is 6.04 Å². The monoisotopic (exact) mass is 428 g/mol. The third-order valence-corrected chi connectivity index (χ3v) is 5.58. The van der Waals surface area contributed by atoms with Crippen molar-refractivity contribution in [1.82, 2.24) is 5.32 Å². The molecule has 4 rings (SSSR count). The number of aliphatic hydroxyl groups excluding tert-OH is 1. The molecule has 1 aliphatic carbocycles. The number of alkyl carbamates (subject to hydrolysis) is 1. The van der Waals surface area contributed by atoms with Gasteiger partial charge in [-0.15, -0.1) is 0 Å². The van der Waals surface area contributed by atoms with Crippen molar-refractivity contribution in [3.63, 3.8) is 0 Å². The zero-order chi connectivity index (χ0) is 22.7. The second kappa shape index (κ2) is 8.92. The number of rotatable bonds is 6. The molecule has 3 aromatic carbocycles. The predicted octanol–water partition coefficient (Wildman–Crippen LogP) is 3.58. The molecule has 3 N–H and O–H groups in total. The van der Waals surface area contributed by atoms with Gasteiger partial charge < -0.3 is 20.3 Å². The number of nitrogens with one attached hydrogen (secondary N) is 1. The molecule has 0 fully saturated rings. The first-order valence-electron chi connectivity index (χ1n) is 10.0. The van der Waals surface area contributed by atoms with E-state index in [9.17, 15) is 19.8 Å². The van der Waals surface area contributed by atoms with Crippen molar-refractivity contribution < 1.29 is 24.5 Å². The number of hydrogen-bond donors (Lipinski definition) is 3. The van der Waals surface area contributed by atoms with Crippen LogP contribution in [0.2, 0.25) is 0 Å². The van der Waals surface area contributed by atoms with E-state index in [1.807, 2.05) is 54.6 Å². The van der Waals surface area contributed by atoms with Crippen LogP contribution in [0.4, 0.5) is 4.79 Å². The van der Waals surface area contributed by atoms with Gasteiger partial charge in [0.25, 0.3) is 0 Å². The summed E-state index contributed by atoms with van der Waals surface area (Å²) in [6.45, 7) is 0.0269. The van der Waals surface area contributed by atoms with Gasteiger partial charge >= 0.3 is 12.1 Å². The van der Waals surface area contributed by atoms with E-state index in [4.69, 9.17) is 10.00 Å². The first-order chi connectivity index (χ1) is 15.5. The topological polar surface area (TPSA) is 120 Å². The van der Waals surface area contributed by atoms with Crippen molar-refractivity contribution >= 4 is 12.1 Å². The summed E-state index contributed by atoms with van der Waals surface area (Å²) < 4.78 is 5.38. The second-order valence-corrected chi connectivity index (χ2v) is 7.46. The Balaban J connectivity index is 1.45. The van der Waals surface area contributed by atoms with Crippen LogP contribution in [0.3, 0.4) is 0 Å². The van der Waals surface area contributed by atoms with Crippen LogP contribution in [0.25, 0.3) is 11.1 Å². The molecule has 3 aromatic rings. The maximum absolute atomic E-state index is 12.4. The van der Waals surface area contributed by atoms with Crippen molar-refractivity contribution in [3.8, 4) is 17.2 Å². The number of carboxylic acid groups (broad SMARTS) is 1. The minimum absolute atomic E-state index is 0.0269. The maximum atomic E-state index is 12.4. The lowest BCUT2D eigenvalue weighted by Gasteiger charge is -2.21. The first-order valence-corrected chi connectivity index (χ1v) is 10.0. The molecule has 1 aliphatic rings. The number of amides is 1. The van der Waals surface area contributed by atoms with Crippen LogP contribution in [0.1, 0.15) is 34.3 Å². The molecular formula is C25H20N2O5. The van der Waals surface area contributed by atoms with Crippen LogP contribution >= 0.6 is 0 Å². The molecular weight excluding hydrogens is 408 g/mol. The lowest BCUT2D eigenvalue weighted by Crippen LogP contribution is -2.45. The van der Waals surface area contributed by atoms with E-state index in [1.165, 1.54) is 24.3 Å². The fraction of sp³-hybridized carbons (Fsp3) is 0.160. The van der Waals surface area contributed by atoms with Crippen molar-refractivity contribution in [2.75, 3.05) is 6.61 Å². The fourth-order valence-electron chi connectivity index (χ4n) is 3.99. The Labute approximate surface area is 184 Å². The van der Waals surface area contributed by atoms with Crippen molar-refractivity contribution in [2.45, 2.75) is 18.1 Å². The largest absolute Gasteiger partial charge is 0.480 e. The summed E-state index contributed by atoms with van der Waals surface area (Å²) in [7, 11) is 0. The van der Waals surface area contributed by atoms with Gasteiger partial charge in [-0.25, -0.2) is 9.59 Å². The molecule has 0 saturated carbocycles. The Morgan fingerprint density at radius 3 is 2.06 bits per heavy atom. The summed E-state index contributed by atoms with van der Waals surface area (Å²) in [5.41, 5.74) is 4.86. The number of carbonyl (C=O) groups excluding carboxylic acids is 1. The lowest BCUT2D eigenvalue weighted by molar-refractivity contribution is -0.142. The number of carboxylic acids is 1. The van der Waals surface area contributed by atoms with Crippen molar-refractivity contribution in [3.05, 3.63) is 95.1 Å². The van der Waals surface area contributed by atoms with E-state index >= 15 is 0 Å². The highest BCUT2D eigenvalue weighted by Crippen LogP contribution is 2.44. The maximum Gasteiger partial charge on any atom is 0.407 e. The summed E-state index contributed by atoms with van der Waals surface area (Å²) in [6, 6.07) is 21.9. The van der Waals surface area contributed by atoms with E-state index in [0.29, 0.717) is 5.56 Å².